The molecule has 1 heterocycles. The second kappa shape index (κ2) is 4.61. The molecule has 13 heavy (non-hydrogen) atoms. The molecule has 0 aliphatic rings. The fourth-order valence-electron chi connectivity index (χ4n) is 1.03. The maximum Gasteiger partial charge on any atom is 0.129 e. The van der Waals surface area contributed by atoms with Gasteiger partial charge < -0.3 is 5.32 Å². The van der Waals surface area contributed by atoms with Crippen molar-refractivity contribution in [3.8, 4) is 0 Å². The maximum absolute atomic E-state index is 4.31. The highest BCUT2D eigenvalue weighted by Crippen LogP contribution is 2.17. The van der Waals surface area contributed by atoms with E-state index in [0.717, 1.165) is 16.7 Å². The van der Waals surface area contributed by atoms with Crippen molar-refractivity contribution in [3.63, 3.8) is 0 Å². The molecule has 1 N–H and O–H groups in total. The summed E-state index contributed by atoms with van der Waals surface area (Å²) in [4.78, 5) is 4.31. The van der Waals surface area contributed by atoms with E-state index in [1.807, 2.05) is 6.20 Å². The molecule has 0 aromatic carbocycles. The summed E-state index contributed by atoms with van der Waals surface area (Å²) in [5.74, 6) is 0.984. The Balaban J connectivity index is 2.77. The summed E-state index contributed by atoms with van der Waals surface area (Å²) in [5.41, 5.74) is 1.18. The molecule has 0 saturated carbocycles. The van der Waals surface area contributed by atoms with Gasteiger partial charge in [0.25, 0.3) is 0 Å². The molecule has 0 fully saturated rings. The number of rotatable bonds is 3. The molecule has 0 radical (unpaired) electrons. The Morgan fingerprint density at radius 2 is 2.31 bits per heavy atom. The number of nitrogens with zero attached hydrogens (tertiary/aromatic N) is 1. The number of anilines is 1. The molecule has 0 aliphatic heterocycles. The second-order valence-corrected chi connectivity index (χ2v) is 4.19. The second-order valence-electron chi connectivity index (χ2n) is 3.27. The van der Waals surface area contributed by atoms with Gasteiger partial charge in [-0.15, -0.1) is 0 Å². The van der Waals surface area contributed by atoms with Crippen LogP contribution in [0.25, 0.3) is 0 Å². The van der Waals surface area contributed by atoms with E-state index in [4.69, 9.17) is 0 Å². The van der Waals surface area contributed by atoms with Crippen LogP contribution in [0.2, 0.25) is 0 Å². The average molecular weight is 243 g/mol. The number of pyridine rings is 1. The van der Waals surface area contributed by atoms with Crippen LogP contribution < -0.4 is 5.32 Å². The summed E-state index contributed by atoms with van der Waals surface area (Å²) in [7, 11) is 0. The molecule has 3 heteroatoms. The Hall–Kier alpha value is -0.570. The lowest BCUT2D eigenvalue weighted by Gasteiger charge is -2.13. The molecule has 2 nitrogen and oxygen atoms in total. The Morgan fingerprint density at radius 3 is 2.85 bits per heavy atom. The third kappa shape index (κ3) is 2.99. The van der Waals surface area contributed by atoms with E-state index in [-0.39, 0.29) is 0 Å². The first-order valence-corrected chi connectivity index (χ1v) is 5.31. The first-order chi connectivity index (χ1) is 6.13. The molecule has 1 atom stereocenters. The minimum Gasteiger partial charge on any atom is -0.367 e. The van der Waals surface area contributed by atoms with Gasteiger partial charge in [0.05, 0.1) is 0 Å². The molecule has 72 valence electrons. The predicted molar refractivity (Wildman–Crippen MR) is 60.0 cm³/mol. The summed E-state index contributed by atoms with van der Waals surface area (Å²) in [5, 5.41) is 3.36. The van der Waals surface area contributed by atoms with Crippen molar-refractivity contribution in [2.45, 2.75) is 33.2 Å². The summed E-state index contributed by atoms with van der Waals surface area (Å²) >= 11 is 3.39. The third-order valence-electron chi connectivity index (χ3n) is 2.04. The zero-order valence-electron chi connectivity index (χ0n) is 8.26. The van der Waals surface area contributed by atoms with Gasteiger partial charge in [0.15, 0.2) is 0 Å². The van der Waals surface area contributed by atoms with Crippen molar-refractivity contribution in [1.82, 2.24) is 4.98 Å². The van der Waals surface area contributed by atoms with Gasteiger partial charge in [-0.2, -0.15) is 0 Å². The van der Waals surface area contributed by atoms with Gasteiger partial charge in [-0.1, -0.05) is 6.92 Å². The van der Waals surface area contributed by atoms with Crippen LogP contribution in [-0.2, 0) is 0 Å². The average Bonchev–Trinajstić information content (AvgIpc) is 2.09. The van der Waals surface area contributed by atoms with E-state index < -0.39 is 0 Å². The Labute approximate surface area is 87.9 Å². The Bertz CT molecular complexity index is 286. The fourth-order valence-corrected chi connectivity index (χ4v) is 1.47. The lowest BCUT2D eigenvalue weighted by molar-refractivity contribution is 0.758. The van der Waals surface area contributed by atoms with Crippen LogP contribution in [0.4, 0.5) is 5.82 Å². The van der Waals surface area contributed by atoms with Crippen LogP contribution in [0.3, 0.4) is 0 Å². The van der Waals surface area contributed by atoms with Crippen molar-refractivity contribution in [3.05, 3.63) is 22.3 Å². The molecule has 0 spiro atoms. The Morgan fingerprint density at radius 1 is 1.62 bits per heavy atom. The topological polar surface area (TPSA) is 24.9 Å². The molecule has 0 bridgehead atoms. The zero-order valence-corrected chi connectivity index (χ0v) is 9.85. The molecule has 1 rings (SSSR count). The van der Waals surface area contributed by atoms with E-state index in [0.29, 0.717) is 6.04 Å². The third-order valence-corrected chi connectivity index (χ3v) is 2.47. The van der Waals surface area contributed by atoms with E-state index in [1.54, 1.807) is 0 Å². The van der Waals surface area contributed by atoms with Crippen LogP contribution in [-0.4, -0.2) is 11.0 Å². The molecular weight excluding hydrogens is 228 g/mol. The number of halogens is 1. The minimum absolute atomic E-state index is 0.479. The number of aryl methyl sites for hydroxylation is 1. The molecule has 1 unspecified atom stereocenters. The zero-order chi connectivity index (χ0) is 9.84. The lowest BCUT2D eigenvalue weighted by Crippen LogP contribution is -2.15. The van der Waals surface area contributed by atoms with Crippen LogP contribution in [0.1, 0.15) is 25.8 Å². The van der Waals surface area contributed by atoms with Crippen molar-refractivity contribution < 1.29 is 0 Å². The van der Waals surface area contributed by atoms with Crippen LogP contribution in [0, 0.1) is 6.92 Å². The maximum atomic E-state index is 4.31. The highest BCUT2D eigenvalue weighted by molar-refractivity contribution is 9.10. The normalized spacial score (nSPS) is 12.6. The van der Waals surface area contributed by atoms with Gasteiger partial charge in [-0.25, -0.2) is 4.98 Å². The number of hydrogen-bond donors (Lipinski definition) is 1. The molecule has 0 aliphatic carbocycles. The number of nitrogens with one attached hydrogen (secondary N) is 1. The van der Waals surface area contributed by atoms with Crippen molar-refractivity contribution >= 4 is 21.7 Å². The number of aromatic nitrogens is 1. The van der Waals surface area contributed by atoms with Gasteiger partial charge >= 0.3 is 0 Å². The summed E-state index contributed by atoms with van der Waals surface area (Å²) < 4.78 is 1.03. The van der Waals surface area contributed by atoms with Gasteiger partial charge in [-0.05, 0) is 47.8 Å². The van der Waals surface area contributed by atoms with Crippen molar-refractivity contribution in [2.75, 3.05) is 5.32 Å². The van der Waals surface area contributed by atoms with Crippen LogP contribution >= 0.6 is 15.9 Å². The summed E-state index contributed by atoms with van der Waals surface area (Å²) in [6.07, 6.45) is 2.93. The highest BCUT2D eigenvalue weighted by atomic mass is 79.9. The summed E-state index contributed by atoms with van der Waals surface area (Å²) in [6, 6.07) is 2.55. The molecule has 1 aromatic rings. The molecule has 1 aromatic heterocycles. The van der Waals surface area contributed by atoms with Gasteiger partial charge in [-0.3, -0.25) is 0 Å². The largest absolute Gasteiger partial charge is 0.367 e. The standard InChI is InChI=1S/C10H15BrN2/c1-4-8(3)13-10-7(2)5-9(11)6-12-10/h5-6,8H,4H2,1-3H3,(H,12,13). The molecule has 0 saturated heterocycles. The predicted octanol–water partition coefficient (Wildman–Crippen LogP) is 3.36. The fraction of sp³-hybridized carbons (Fsp3) is 0.500. The van der Waals surface area contributed by atoms with Crippen molar-refractivity contribution in [2.24, 2.45) is 0 Å². The van der Waals surface area contributed by atoms with E-state index in [2.05, 4.69) is 53.1 Å². The van der Waals surface area contributed by atoms with Gasteiger partial charge in [0, 0.05) is 16.7 Å². The number of hydrogen-bond acceptors (Lipinski definition) is 2. The minimum atomic E-state index is 0.479. The SMILES string of the molecule is CCC(C)Nc1ncc(Br)cc1C. The monoisotopic (exact) mass is 242 g/mol. The van der Waals surface area contributed by atoms with E-state index in [1.165, 1.54) is 5.56 Å². The van der Waals surface area contributed by atoms with Gasteiger partial charge in [0.2, 0.25) is 0 Å². The van der Waals surface area contributed by atoms with E-state index in [9.17, 15) is 0 Å². The van der Waals surface area contributed by atoms with Crippen LogP contribution in [0.15, 0.2) is 16.7 Å². The smallest absolute Gasteiger partial charge is 0.129 e. The molecule has 0 amide bonds. The molecular formula is C10H15BrN2. The summed E-state index contributed by atoms with van der Waals surface area (Å²) in [6.45, 7) is 6.37. The van der Waals surface area contributed by atoms with Crippen molar-refractivity contribution in [1.29, 1.82) is 0 Å². The quantitative estimate of drug-likeness (QED) is 0.880. The van der Waals surface area contributed by atoms with E-state index >= 15 is 0 Å². The Kier molecular flexibility index (Phi) is 3.72. The highest BCUT2D eigenvalue weighted by Gasteiger charge is 2.03. The first-order valence-electron chi connectivity index (χ1n) is 4.52. The lowest BCUT2D eigenvalue weighted by atomic mass is 10.2. The van der Waals surface area contributed by atoms with Gasteiger partial charge in [0.1, 0.15) is 5.82 Å². The van der Waals surface area contributed by atoms with Crippen LogP contribution in [0.5, 0.6) is 0 Å². The first kappa shape index (κ1) is 10.5.